The Balaban J connectivity index is 2.42. The van der Waals surface area contributed by atoms with Crippen molar-refractivity contribution in [1.29, 1.82) is 0 Å². The molecule has 2 aromatic rings. The van der Waals surface area contributed by atoms with E-state index in [2.05, 4.69) is 10.4 Å². The first-order valence-electron chi connectivity index (χ1n) is 7.79. The van der Waals surface area contributed by atoms with Crippen molar-refractivity contribution in [3.05, 3.63) is 48.3 Å². The number of esters is 1. The Hall–Kier alpha value is -3.42. The van der Waals surface area contributed by atoms with Crippen molar-refractivity contribution in [3.63, 3.8) is 0 Å². The Bertz CT molecular complexity index is 864. The van der Waals surface area contributed by atoms with Crippen LogP contribution in [0.5, 0.6) is 5.75 Å². The zero-order chi connectivity index (χ0) is 19.3. The number of pyridine rings is 1. The molecule has 0 saturated heterocycles. The molecule has 1 heterocycles. The van der Waals surface area contributed by atoms with Crippen molar-refractivity contribution in [2.24, 2.45) is 12.1 Å². The van der Waals surface area contributed by atoms with Gasteiger partial charge in [-0.25, -0.2) is 4.79 Å². The maximum Gasteiger partial charge on any atom is 0.365 e. The SMILES string of the molecule is COC(=O)/C(=N\N(C)c1ccc(NC(C)=O)cc1O)c1cccc[n+]1C. The number of benzene rings is 1. The van der Waals surface area contributed by atoms with Gasteiger partial charge in [-0.2, -0.15) is 9.67 Å². The number of amides is 1. The summed E-state index contributed by atoms with van der Waals surface area (Å²) in [5.41, 5.74) is 1.46. The van der Waals surface area contributed by atoms with E-state index in [1.165, 1.54) is 25.1 Å². The van der Waals surface area contributed by atoms with E-state index in [1.807, 2.05) is 6.07 Å². The predicted octanol–water partition coefficient (Wildman–Crippen LogP) is 1.19. The molecule has 26 heavy (non-hydrogen) atoms. The molecular formula is C18H21N4O4+. The molecule has 0 aliphatic carbocycles. The van der Waals surface area contributed by atoms with Gasteiger partial charge < -0.3 is 15.2 Å². The van der Waals surface area contributed by atoms with Crippen LogP contribution in [0, 0.1) is 0 Å². The summed E-state index contributed by atoms with van der Waals surface area (Å²) in [6.45, 7) is 1.38. The van der Waals surface area contributed by atoms with Crippen LogP contribution in [0.25, 0.3) is 0 Å². The number of phenolic OH excluding ortho intramolecular Hbond substituents is 1. The quantitative estimate of drug-likeness (QED) is 0.363. The van der Waals surface area contributed by atoms with Gasteiger partial charge in [-0.1, -0.05) is 0 Å². The largest absolute Gasteiger partial charge is 0.506 e. The van der Waals surface area contributed by atoms with Gasteiger partial charge in [-0.05, 0) is 18.2 Å². The number of hydrazone groups is 1. The van der Waals surface area contributed by atoms with Crippen LogP contribution in [0.3, 0.4) is 0 Å². The smallest absolute Gasteiger partial charge is 0.365 e. The fraction of sp³-hybridized carbons (Fsp3) is 0.222. The van der Waals surface area contributed by atoms with Gasteiger partial charge in [0.25, 0.3) is 0 Å². The van der Waals surface area contributed by atoms with E-state index in [0.29, 0.717) is 17.1 Å². The van der Waals surface area contributed by atoms with Gasteiger partial charge in [0.15, 0.2) is 6.20 Å². The second-order valence-electron chi connectivity index (χ2n) is 5.55. The Morgan fingerprint density at radius 1 is 1.27 bits per heavy atom. The number of carbonyl (C=O) groups is 2. The minimum atomic E-state index is -0.604. The van der Waals surface area contributed by atoms with Crippen LogP contribution in [0.4, 0.5) is 11.4 Å². The number of nitrogens with zero attached hydrogens (tertiary/aromatic N) is 3. The van der Waals surface area contributed by atoms with Crippen molar-refractivity contribution in [3.8, 4) is 5.75 Å². The van der Waals surface area contributed by atoms with Gasteiger partial charge in [0.05, 0.1) is 7.11 Å². The van der Waals surface area contributed by atoms with Gasteiger partial charge in [0, 0.05) is 37.9 Å². The van der Waals surface area contributed by atoms with E-state index in [0.717, 1.165) is 0 Å². The summed E-state index contributed by atoms with van der Waals surface area (Å²) in [7, 11) is 4.66. The maximum atomic E-state index is 12.2. The number of aromatic nitrogens is 1. The Kier molecular flexibility index (Phi) is 5.90. The third-order valence-corrected chi connectivity index (χ3v) is 3.57. The number of anilines is 2. The highest BCUT2D eigenvalue weighted by molar-refractivity contribution is 6.42. The van der Waals surface area contributed by atoms with Crippen LogP contribution >= 0.6 is 0 Å². The first-order valence-corrected chi connectivity index (χ1v) is 7.79. The van der Waals surface area contributed by atoms with Crippen molar-refractivity contribution in [2.75, 3.05) is 24.5 Å². The first-order chi connectivity index (χ1) is 12.3. The molecule has 0 spiro atoms. The van der Waals surface area contributed by atoms with Crippen LogP contribution in [0.15, 0.2) is 47.7 Å². The highest BCUT2D eigenvalue weighted by Gasteiger charge is 2.24. The average Bonchev–Trinajstić information content (AvgIpc) is 2.59. The molecule has 0 aliphatic rings. The zero-order valence-corrected chi connectivity index (χ0v) is 15.1. The molecule has 0 atom stereocenters. The monoisotopic (exact) mass is 357 g/mol. The van der Waals surface area contributed by atoms with Crippen LogP contribution in [-0.4, -0.2) is 36.9 Å². The number of aromatic hydroxyl groups is 1. The molecule has 0 unspecified atom stereocenters. The van der Waals surface area contributed by atoms with E-state index in [9.17, 15) is 14.7 Å². The van der Waals surface area contributed by atoms with E-state index < -0.39 is 5.97 Å². The molecule has 0 aliphatic heterocycles. The van der Waals surface area contributed by atoms with Crippen molar-refractivity contribution < 1.29 is 24.0 Å². The minimum absolute atomic E-state index is 0.0865. The molecule has 136 valence electrons. The topological polar surface area (TPSA) is 95.1 Å². The summed E-state index contributed by atoms with van der Waals surface area (Å²) in [4.78, 5) is 23.3. The molecule has 8 heteroatoms. The van der Waals surface area contributed by atoms with Gasteiger partial charge in [0.1, 0.15) is 18.5 Å². The number of ether oxygens (including phenoxy) is 1. The predicted molar refractivity (Wildman–Crippen MR) is 97.0 cm³/mol. The first kappa shape index (κ1) is 18.9. The summed E-state index contributed by atoms with van der Waals surface area (Å²) >= 11 is 0. The number of methoxy groups -OCH3 is 1. The van der Waals surface area contributed by atoms with Crippen LogP contribution in [0.2, 0.25) is 0 Å². The second kappa shape index (κ2) is 8.11. The third kappa shape index (κ3) is 4.35. The lowest BCUT2D eigenvalue weighted by Crippen LogP contribution is -2.39. The molecule has 0 bridgehead atoms. The maximum absolute atomic E-state index is 12.2. The fourth-order valence-electron chi connectivity index (χ4n) is 2.34. The van der Waals surface area contributed by atoms with E-state index >= 15 is 0 Å². The molecule has 2 rings (SSSR count). The summed E-state index contributed by atoms with van der Waals surface area (Å²) in [5, 5.41) is 18.5. The summed E-state index contributed by atoms with van der Waals surface area (Å²) in [6, 6.07) is 9.97. The minimum Gasteiger partial charge on any atom is -0.506 e. The number of rotatable bonds is 5. The second-order valence-corrected chi connectivity index (χ2v) is 5.55. The molecule has 0 radical (unpaired) electrons. The van der Waals surface area contributed by atoms with Crippen molar-refractivity contribution >= 4 is 29.0 Å². The molecule has 2 N–H and O–H groups in total. The van der Waals surface area contributed by atoms with E-state index in [-0.39, 0.29) is 17.4 Å². The van der Waals surface area contributed by atoms with Gasteiger partial charge in [-0.15, -0.1) is 0 Å². The number of phenols is 1. The van der Waals surface area contributed by atoms with Crippen molar-refractivity contribution in [2.45, 2.75) is 6.92 Å². The Morgan fingerprint density at radius 3 is 2.58 bits per heavy atom. The van der Waals surface area contributed by atoms with Gasteiger partial charge >= 0.3 is 5.97 Å². The number of hydrogen-bond acceptors (Lipinski definition) is 6. The van der Waals surface area contributed by atoms with Crippen molar-refractivity contribution in [1.82, 2.24) is 0 Å². The molecule has 0 fully saturated rings. The standard InChI is InChI=1S/C18H20N4O4/c1-12(23)19-13-8-9-14(16(24)11-13)22(3)20-17(18(25)26-4)15-7-5-6-10-21(15)2/h5-11H,1-4H3,(H-,19,20,23,24)/p+1. The Morgan fingerprint density at radius 2 is 2.00 bits per heavy atom. The lowest BCUT2D eigenvalue weighted by molar-refractivity contribution is -0.672. The lowest BCUT2D eigenvalue weighted by Gasteiger charge is -2.16. The highest BCUT2D eigenvalue weighted by Crippen LogP contribution is 2.29. The lowest BCUT2D eigenvalue weighted by atomic mass is 10.2. The average molecular weight is 357 g/mol. The van der Waals surface area contributed by atoms with E-state index in [1.54, 1.807) is 49.1 Å². The molecule has 0 saturated carbocycles. The highest BCUT2D eigenvalue weighted by atomic mass is 16.5. The fourth-order valence-corrected chi connectivity index (χ4v) is 2.34. The van der Waals surface area contributed by atoms with Gasteiger partial charge in [-0.3, -0.25) is 9.80 Å². The number of nitrogens with one attached hydrogen (secondary N) is 1. The Labute approximate surface area is 151 Å². The van der Waals surface area contributed by atoms with Crippen LogP contribution in [-0.2, 0) is 21.4 Å². The van der Waals surface area contributed by atoms with E-state index in [4.69, 9.17) is 4.74 Å². The summed E-state index contributed by atoms with van der Waals surface area (Å²) in [6.07, 6.45) is 1.79. The molecule has 1 aromatic carbocycles. The number of carbonyl (C=O) groups excluding carboxylic acids is 2. The molecule has 1 amide bonds. The summed E-state index contributed by atoms with van der Waals surface area (Å²) < 4.78 is 6.57. The van der Waals surface area contributed by atoms with Crippen LogP contribution < -0.4 is 14.9 Å². The molecule has 8 nitrogen and oxygen atoms in total. The van der Waals surface area contributed by atoms with Gasteiger partial charge in [0.2, 0.25) is 17.3 Å². The molecular weight excluding hydrogens is 336 g/mol. The zero-order valence-electron chi connectivity index (χ0n) is 15.1. The third-order valence-electron chi connectivity index (χ3n) is 3.57. The van der Waals surface area contributed by atoms with Crippen LogP contribution in [0.1, 0.15) is 12.6 Å². The normalized spacial score (nSPS) is 11.0. The summed E-state index contributed by atoms with van der Waals surface area (Å²) in [5.74, 6) is -0.940. The molecule has 1 aromatic heterocycles. The number of aryl methyl sites for hydroxylation is 1. The number of hydrogen-bond donors (Lipinski definition) is 2.